The van der Waals surface area contributed by atoms with Gasteiger partial charge in [0.2, 0.25) is 5.91 Å². The lowest BCUT2D eigenvalue weighted by Crippen LogP contribution is -2.27. The molecule has 0 spiro atoms. The van der Waals surface area contributed by atoms with Crippen LogP contribution >= 0.6 is 0 Å². The van der Waals surface area contributed by atoms with Crippen molar-refractivity contribution in [1.82, 2.24) is 29.9 Å². The van der Waals surface area contributed by atoms with Gasteiger partial charge in [0.25, 0.3) is 0 Å². The number of aromatic nitrogens is 5. The minimum Gasteiger partial charge on any atom is -0.323 e. The second-order valence-electron chi connectivity index (χ2n) is 6.59. The van der Waals surface area contributed by atoms with Crippen molar-refractivity contribution in [2.24, 2.45) is 13.0 Å². The average Bonchev–Trinajstić information content (AvgIpc) is 3.36. The second-order valence-corrected chi connectivity index (χ2v) is 6.59. The van der Waals surface area contributed by atoms with Crippen LogP contribution in [0.5, 0.6) is 0 Å². The lowest BCUT2D eigenvalue weighted by atomic mass is 9.90. The van der Waals surface area contributed by atoms with Crippen LogP contribution in [0.4, 0.5) is 5.69 Å². The number of pyridine rings is 1. The van der Waals surface area contributed by atoms with Gasteiger partial charge in [-0.1, -0.05) is 0 Å². The van der Waals surface area contributed by atoms with Crippen molar-refractivity contribution in [3.05, 3.63) is 60.4 Å². The molecule has 1 aliphatic heterocycles. The van der Waals surface area contributed by atoms with E-state index in [-0.39, 0.29) is 17.7 Å². The average molecular weight is 351 g/mol. The summed E-state index contributed by atoms with van der Waals surface area (Å²) in [4.78, 5) is 16.8. The molecule has 8 heteroatoms. The molecule has 0 saturated carbocycles. The van der Waals surface area contributed by atoms with Crippen molar-refractivity contribution in [1.29, 1.82) is 0 Å². The predicted molar refractivity (Wildman–Crippen MR) is 96.5 cm³/mol. The molecule has 2 N–H and O–H groups in total. The maximum Gasteiger partial charge on any atom is 0.229 e. The maximum atomic E-state index is 12.7. The summed E-state index contributed by atoms with van der Waals surface area (Å²) in [5.74, 6) is 0.0191. The van der Waals surface area contributed by atoms with Crippen molar-refractivity contribution in [3.8, 4) is 0 Å². The molecule has 134 valence electrons. The molecule has 3 aromatic heterocycles. The Balaban J connectivity index is 1.41. The van der Waals surface area contributed by atoms with Crippen LogP contribution in [0.1, 0.15) is 17.0 Å². The largest absolute Gasteiger partial charge is 0.323 e. The third-order valence-electron chi connectivity index (χ3n) is 4.70. The number of nitrogens with zero attached hydrogens (tertiary/aromatic N) is 5. The summed E-state index contributed by atoms with van der Waals surface area (Å²) >= 11 is 0. The molecule has 3 aromatic rings. The molecule has 2 atom stereocenters. The Kier molecular flexibility index (Phi) is 4.49. The number of carbonyl (C=O) groups is 1. The van der Waals surface area contributed by atoms with E-state index in [0.717, 1.165) is 17.7 Å². The van der Waals surface area contributed by atoms with Gasteiger partial charge >= 0.3 is 0 Å². The Bertz CT molecular complexity index is 886. The quantitative estimate of drug-likeness (QED) is 0.716. The highest BCUT2D eigenvalue weighted by atomic mass is 16.2. The minimum atomic E-state index is -0.122. The number of anilines is 1. The van der Waals surface area contributed by atoms with E-state index < -0.39 is 0 Å². The fourth-order valence-corrected chi connectivity index (χ4v) is 3.36. The Morgan fingerprint density at radius 1 is 1.23 bits per heavy atom. The van der Waals surface area contributed by atoms with Crippen molar-refractivity contribution in [2.75, 3.05) is 18.4 Å². The number of amides is 1. The maximum absolute atomic E-state index is 12.7. The highest BCUT2D eigenvalue weighted by Gasteiger charge is 2.34. The van der Waals surface area contributed by atoms with E-state index in [0.29, 0.717) is 18.8 Å². The molecule has 8 nitrogen and oxygen atoms in total. The van der Waals surface area contributed by atoms with Gasteiger partial charge in [-0.2, -0.15) is 10.2 Å². The fraction of sp³-hybridized carbons (Fsp3) is 0.333. The first-order chi connectivity index (χ1) is 12.7. The molecule has 1 amide bonds. The molecule has 1 fully saturated rings. The third kappa shape index (κ3) is 3.50. The van der Waals surface area contributed by atoms with Crippen molar-refractivity contribution in [2.45, 2.75) is 12.5 Å². The molecular weight excluding hydrogens is 330 g/mol. The van der Waals surface area contributed by atoms with Gasteiger partial charge in [-0.3, -0.25) is 19.1 Å². The highest BCUT2D eigenvalue weighted by molar-refractivity contribution is 5.93. The SMILES string of the molecule is Cn1cc([C@H]2CNC[C@@H]2C(=O)Nc2cnn(Cc3ccncc3)c2)cn1. The molecule has 0 aliphatic carbocycles. The molecule has 0 bridgehead atoms. The fourth-order valence-electron chi connectivity index (χ4n) is 3.36. The van der Waals surface area contributed by atoms with Crippen LogP contribution in [0.15, 0.2) is 49.3 Å². The first kappa shape index (κ1) is 16.5. The summed E-state index contributed by atoms with van der Waals surface area (Å²) in [6, 6.07) is 3.89. The number of aryl methyl sites for hydroxylation is 1. The van der Waals surface area contributed by atoms with Crippen LogP contribution < -0.4 is 10.6 Å². The van der Waals surface area contributed by atoms with Crippen LogP contribution in [0.2, 0.25) is 0 Å². The van der Waals surface area contributed by atoms with E-state index >= 15 is 0 Å². The van der Waals surface area contributed by atoms with Gasteiger partial charge < -0.3 is 10.6 Å². The number of carbonyl (C=O) groups excluding carboxylic acids is 1. The second kappa shape index (κ2) is 7.09. The van der Waals surface area contributed by atoms with Crippen LogP contribution in [-0.4, -0.2) is 43.5 Å². The van der Waals surface area contributed by atoms with E-state index in [1.807, 2.05) is 37.8 Å². The van der Waals surface area contributed by atoms with Crippen molar-refractivity contribution < 1.29 is 4.79 Å². The van der Waals surface area contributed by atoms with Crippen LogP contribution in [-0.2, 0) is 18.4 Å². The molecule has 4 rings (SSSR count). The van der Waals surface area contributed by atoms with Gasteiger partial charge in [-0.05, 0) is 23.3 Å². The van der Waals surface area contributed by atoms with E-state index in [4.69, 9.17) is 0 Å². The number of rotatable bonds is 5. The van der Waals surface area contributed by atoms with Gasteiger partial charge in [0.05, 0.1) is 30.5 Å². The zero-order chi connectivity index (χ0) is 17.9. The van der Waals surface area contributed by atoms with Gasteiger partial charge in [-0.25, -0.2) is 0 Å². The predicted octanol–water partition coefficient (Wildman–Crippen LogP) is 1.00. The van der Waals surface area contributed by atoms with Gasteiger partial charge in [0.15, 0.2) is 0 Å². The van der Waals surface area contributed by atoms with E-state index in [1.165, 1.54) is 0 Å². The van der Waals surface area contributed by atoms with Crippen molar-refractivity contribution in [3.63, 3.8) is 0 Å². The Morgan fingerprint density at radius 3 is 2.85 bits per heavy atom. The number of hydrogen-bond acceptors (Lipinski definition) is 5. The number of hydrogen-bond donors (Lipinski definition) is 2. The monoisotopic (exact) mass is 351 g/mol. The van der Waals surface area contributed by atoms with E-state index in [2.05, 4.69) is 25.8 Å². The van der Waals surface area contributed by atoms with Gasteiger partial charge in [-0.15, -0.1) is 0 Å². The first-order valence-electron chi connectivity index (χ1n) is 8.60. The van der Waals surface area contributed by atoms with E-state index in [1.54, 1.807) is 28.0 Å². The first-order valence-corrected chi connectivity index (χ1v) is 8.60. The van der Waals surface area contributed by atoms with E-state index in [9.17, 15) is 4.79 Å². The van der Waals surface area contributed by atoms with Gasteiger partial charge in [0, 0.05) is 50.8 Å². The summed E-state index contributed by atoms with van der Waals surface area (Å²) in [5, 5.41) is 14.9. The summed E-state index contributed by atoms with van der Waals surface area (Å²) in [6.07, 6.45) is 10.9. The minimum absolute atomic E-state index is 0.00677. The Hall–Kier alpha value is -3.00. The molecule has 0 unspecified atom stereocenters. The molecule has 0 aromatic carbocycles. The standard InChI is InChI=1S/C18H21N7O/c1-24-11-14(6-21-24)16-8-20-9-17(16)18(26)23-15-7-22-25(12-15)10-13-2-4-19-5-3-13/h2-7,11-12,16-17,20H,8-10H2,1H3,(H,23,26)/t16-,17+/m1/s1. The zero-order valence-electron chi connectivity index (χ0n) is 14.5. The topological polar surface area (TPSA) is 89.7 Å². The molecule has 1 aliphatic rings. The van der Waals surface area contributed by atoms with Gasteiger partial charge in [0.1, 0.15) is 0 Å². The lowest BCUT2D eigenvalue weighted by Gasteiger charge is -2.16. The molecule has 4 heterocycles. The number of nitrogens with one attached hydrogen (secondary N) is 2. The zero-order valence-corrected chi connectivity index (χ0v) is 14.5. The molecule has 26 heavy (non-hydrogen) atoms. The van der Waals surface area contributed by atoms with Crippen molar-refractivity contribution >= 4 is 11.6 Å². The van der Waals surface area contributed by atoms with Crippen LogP contribution in [0, 0.1) is 5.92 Å². The summed E-state index contributed by atoms with van der Waals surface area (Å²) in [7, 11) is 1.89. The summed E-state index contributed by atoms with van der Waals surface area (Å²) < 4.78 is 3.57. The summed E-state index contributed by atoms with van der Waals surface area (Å²) in [5.41, 5.74) is 2.91. The molecular formula is C18H21N7O. The highest BCUT2D eigenvalue weighted by Crippen LogP contribution is 2.28. The Morgan fingerprint density at radius 2 is 2.08 bits per heavy atom. The van der Waals surface area contributed by atoms with Crippen LogP contribution in [0.25, 0.3) is 0 Å². The smallest absolute Gasteiger partial charge is 0.229 e. The summed E-state index contributed by atoms with van der Waals surface area (Å²) in [6.45, 7) is 2.09. The molecule has 1 saturated heterocycles. The molecule has 0 radical (unpaired) electrons. The third-order valence-corrected chi connectivity index (χ3v) is 4.70. The van der Waals surface area contributed by atoms with Crippen LogP contribution in [0.3, 0.4) is 0 Å². The lowest BCUT2D eigenvalue weighted by molar-refractivity contribution is -0.119. The normalized spacial score (nSPS) is 19.6. The Labute approximate surface area is 151 Å².